The molecule has 0 radical (unpaired) electrons. The number of hydrogen-bond acceptors (Lipinski definition) is 24. The van der Waals surface area contributed by atoms with Crippen LogP contribution in [0.3, 0.4) is 0 Å². The van der Waals surface area contributed by atoms with Crippen LogP contribution in [0.25, 0.3) is 22.5 Å². The normalized spacial score (nSPS) is 11.3. The number of esters is 7. The number of aromatic nitrogens is 1. The standard InChI is InChI=1S/C26H22N2O6.C15H18O5.C13H13NO3.C11H12O3.C8H8O.C5H10O3.C4H7ClO2.C2H5O.CH4.Na/c1-3-33-25(31)19-17(23(29)27-21(19)15-11-7-5-8-12-15)18-20(26(32)34-4-2)22(28-24(18)30)16-13-9-6-10-14-16;1-3-19-13(16)10-12(15(18)20-4-2)14(17)11-8-6-5-7-9-11;1-2-17-13(16)10-8-11(15)14-12(10)9-6-4-3-5-7-9;1-2-14-11(13)8-10(12)9-6-4-3-5-7-9;1-7(9)8-5-3-2-4-6-8;1-3-7-5(6)8-4-2;1-2-7-4(6)3-5;1-2-3;;/h5-14,27,29H,3-4H2,1-2H3;5-9,12H,3-4,10H2,1-2H3;3-7H,2,8H2,1H3,(H,14,15);3-7H,2,8H2,1H3;2-6H,1H3;3-4H2,1-2H3;2-3H2,1H3;2H2,1H3;1H4;/q;;;;;;;-1;;+1. The largest absolute Gasteiger partial charge is 1.00 e. The van der Waals surface area contributed by atoms with Gasteiger partial charge in [-0.2, -0.15) is 0 Å². The Balaban J connectivity index is 0.00000139. The molecule has 29 heteroatoms. The molecule has 1 unspecified atom stereocenters. The number of nitrogens with one attached hydrogen (secondary N) is 2. The molecule has 0 spiro atoms. The summed E-state index contributed by atoms with van der Waals surface area (Å²) in [5.74, 6) is -7.22. The van der Waals surface area contributed by atoms with Crippen molar-refractivity contribution >= 4 is 106 Å². The van der Waals surface area contributed by atoms with E-state index < -0.39 is 65.5 Å². The smallest absolute Gasteiger partial charge is 0.855 e. The van der Waals surface area contributed by atoms with Crippen LogP contribution in [0.5, 0.6) is 5.88 Å². The van der Waals surface area contributed by atoms with Crippen LogP contribution >= 0.6 is 11.6 Å². The van der Waals surface area contributed by atoms with E-state index in [4.69, 9.17) is 40.4 Å². The zero-order valence-corrected chi connectivity index (χ0v) is 68.2. The van der Waals surface area contributed by atoms with Gasteiger partial charge in [-0.3, -0.25) is 43.2 Å². The molecule has 1 aromatic heterocycles. The van der Waals surface area contributed by atoms with Crippen molar-refractivity contribution in [1.82, 2.24) is 10.3 Å². The number of nitrogens with zero attached hydrogens (tertiary/aromatic N) is 1. The summed E-state index contributed by atoms with van der Waals surface area (Å²) in [5.41, 5.74) is 4.37. The zero-order valence-electron chi connectivity index (χ0n) is 65.5. The number of carbonyl (C=O) groups excluding carboxylic acids is 13. The molecule has 0 saturated heterocycles. The molecule has 2 amide bonds. The van der Waals surface area contributed by atoms with Crippen LogP contribution in [0.15, 0.2) is 198 Å². The minimum absolute atomic E-state index is 0. The van der Waals surface area contributed by atoms with E-state index in [1.54, 1.807) is 191 Å². The fourth-order valence-electron chi connectivity index (χ4n) is 9.52. The van der Waals surface area contributed by atoms with Crippen molar-refractivity contribution in [2.24, 2.45) is 10.9 Å². The molecule has 3 N–H and O–H groups in total. The van der Waals surface area contributed by atoms with Crippen molar-refractivity contribution in [2.75, 3.05) is 71.9 Å². The maximum atomic E-state index is 13.2. The Hall–Kier alpha value is -11.5. The number of aliphatic imine (C=N–C) groups is 1. The monoisotopic (exact) mass is 1600 g/mol. The summed E-state index contributed by atoms with van der Waals surface area (Å²) < 4.78 is 43.0. The molecule has 9 rings (SSSR count). The quantitative estimate of drug-likeness (QED) is 0.0113. The molecule has 6 aromatic carbocycles. The number of aromatic amines is 1. The minimum Gasteiger partial charge on any atom is -0.855 e. The van der Waals surface area contributed by atoms with Crippen molar-refractivity contribution in [3.05, 3.63) is 232 Å². The number of Topliss-reactive ketones (excluding diaryl/α,β-unsaturated/α-hetero) is 3. The van der Waals surface area contributed by atoms with Gasteiger partial charge in [-0.1, -0.05) is 196 Å². The van der Waals surface area contributed by atoms with E-state index in [2.05, 4.69) is 34.2 Å². The van der Waals surface area contributed by atoms with Crippen LogP contribution in [-0.2, 0) is 81.0 Å². The summed E-state index contributed by atoms with van der Waals surface area (Å²) in [6, 6.07) is 53.1. The second kappa shape index (κ2) is 59.3. The number of hydrogen-bond donors (Lipinski definition) is 3. The molecule has 0 bridgehead atoms. The van der Waals surface area contributed by atoms with E-state index in [1.165, 1.54) is 0 Å². The van der Waals surface area contributed by atoms with Crippen molar-refractivity contribution in [2.45, 2.75) is 103 Å². The molecule has 0 fully saturated rings. The van der Waals surface area contributed by atoms with Crippen LogP contribution in [0.2, 0.25) is 0 Å². The van der Waals surface area contributed by atoms with Crippen molar-refractivity contribution in [3.63, 3.8) is 0 Å². The molecule has 0 aliphatic carbocycles. The fourth-order valence-corrected chi connectivity index (χ4v) is 9.60. The zero-order chi connectivity index (χ0) is 83.3. The molecule has 0 saturated carbocycles. The van der Waals surface area contributed by atoms with E-state index >= 15 is 0 Å². The maximum Gasteiger partial charge on any atom is 1.00 e. The Bertz CT molecular complexity index is 4260. The molecule has 114 heavy (non-hydrogen) atoms. The molecule has 606 valence electrons. The Labute approximate surface area is 691 Å². The third-order valence-corrected chi connectivity index (χ3v) is 14.4. The fraction of sp³-hybridized carbons (Fsp3) is 0.318. The third kappa shape index (κ3) is 36.3. The average molecular weight is 1610 g/mol. The van der Waals surface area contributed by atoms with Gasteiger partial charge in [0.1, 0.15) is 18.2 Å². The van der Waals surface area contributed by atoms with Crippen molar-refractivity contribution in [3.8, 4) is 17.1 Å². The number of amides is 2. The number of aromatic hydroxyl groups is 1. The van der Waals surface area contributed by atoms with E-state index in [0.717, 1.165) is 11.1 Å². The number of halogens is 1. The van der Waals surface area contributed by atoms with Gasteiger partial charge in [0.15, 0.2) is 23.2 Å². The first-order valence-electron chi connectivity index (χ1n) is 35.7. The van der Waals surface area contributed by atoms with Gasteiger partial charge in [-0.15, -0.1) is 18.2 Å². The van der Waals surface area contributed by atoms with E-state index in [-0.39, 0.29) is 152 Å². The topological polar surface area (TPSA) is 388 Å². The first kappa shape index (κ1) is 103. The summed E-state index contributed by atoms with van der Waals surface area (Å²) in [7, 11) is 0. The van der Waals surface area contributed by atoms with Crippen LogP contribution < -0.4 is 40.0 Å². The number of ether oxygens (including phenoxy) is 9. The Morgan fingerprint density at radius 1 is 0.491 bits per heavy atom. The van der Waals surface area contributed by atoms with Crippen molar-refractivity contribution < 1.29 is 145 Å². The Morgan fingerprint density at radius 2 is 0.886 bits per heavy atom. The van der Waals surface area contributed by atoms with Gasteiger partial charge in [-0.25, -0.2) is 24.2 Å². The second-order valence-electron chi connectivity index (χ2n) is 22.0. The second-order valence-corrected chi connectivity index (χ2v) is 22.3. The number of ketones is 3. The number of alkyl halides is 1. The molecule has 1 atom stereocenters. The SMILES string of the molecule is C.CC(=O)c1ccccc1.CCOC(=O)C1=C(c2c(O)[nH]c(-c3ccccc3)c2C(=O)OCC)C(=O)N=C1c1ccccc1.CCOC(=O)C1=C(c2ccccc2)NC(=O)C1.CCOC(=O)CC(=O)c1ccccc1.CCOC(=O)CC(C(=O)OCC)C(=O)c1ccccc1.CCOC(=O)CCl.CCOC(=O)OCC.CC[O-].[Na+]. The summed E-state index contributed by atoms with van der Waals surface area (Å²) in [4.78, 5) is 158. The van der Waals surface area contributed by atoms with Crippen LogP contribution in [0.1, 0.15) is 161 Å². The minimum atomic E-state index is -1.16. The molecular weight excluding hydrogens is 1510 g/mol. The van der Waals surface area contributed by atoms with Crippen LogP contribution in [0.4, 0.5) is 4.79 Å². The van der Waals surface area contributed by atoms with Gasteiger partial charge in [-0.05, 0) is 80.4 Å². The van der Waals surface area contributed by atoms with Gasteiger partial charge in [0.2, 0.25) is 5.91 Å². The predicted molar refractivity (Wildman–Crippen MR) is 422 cm³/mol. The van der Waals surface area contributed by atoms with E-state index in [0.29, 0.717) is 66.6 Å². The van der Waals surface area contributed by atoms with E-state index in [9.17, 15) is 67.4 Å². The average Bonchev–Trinajstić information content (AvgIpc) is 1.59. The third-order valence-electron chi connectivity index (χ3n) is 14.1. The number of benzene rings is 6. The summed E-state index contributed by atoms with van der Waals surface area (Å²) >= 11 is 5.06. The van der Waals surface area contributed by atoms with Crippen molar-refractivity contribution in [1.29, 1.82) is 0 Å². The summed E-state index contributed by atoms with van der Waals surface area (Å²) in [6.07, 6.45) is -0.989. The Kier molecular flexibility index (Phi) is 53.3. The van der Waals surface area contributed by atoms with Gasteiger partial charge in [0.25, 0.3) is 5.91 Å². The van der Waals surface area contributed by atoms with Crippen LogP contribution in [0, 0.1) is 5.92 Å². The molecule has 27 nitrogen and oxygen atoms in total. The van der Waals surface area contributed by atoms with Gasteiger partial charge in [0.05, 0.1) is 117 Å². The predicted octanol–water partition coefficient (Wildman–Crippen LogP) is 10.1. The molecule has 7 aromatic rings. The summed E-state index contributed by atoms with van der Waals surface area (Å²) in [5, 5.41) is 22.5. The number of carbonyl (C=O) groups is 13. The van der Waals surface area contributed by atoms with Crippen LogP contribution in [-0.4, -0.2) is 165 Å². The first-order chi connectivity index (χ1) is 53.9. The van der Waals surface area contributed by atoms with Gasteiger partial charge in [0, 0.05) is 22.3 Å². The molecule has 2 aliphatic heterocycles. The molecule has 2 aliphatic rings. The number of rotatable bonds is 26. The maximum absolute atomic E-state index is 13.2. The van der Waals surface area contributed by atoms with E-state index in [1.807, 2.05) is 66.7 Å². The van der Waals surface area contributed by atoms with Gasteiger partial charge < -0.3 is 63.1 Å². The molecular formula is C85H99ClN3NaO24. The number of H-pyrrole nitrogens is 1. The van der Waals surface area contributed by atoms with Gasteiger partial charge >= 0.3 is 77.5 Å². The molecule has 3 heterocycles. The Morgan fingerprint density at radius 3 is 1.32 bits per heavy atom. The first-order valence-corrected chi connectivity index (χ1v) is 36.2. The summed E-state index contributed by atoms with van der Waals surface area (Å²) in [6.45, 7) is 20.6.